The van der Waals surface area contributed by atoms with E-state index in [-0.39, 0.29) is 6.10 Å². The number of nitrogens with zero attached hydrogens (tertiary/aromatic N) is 1. The van der Waals surface area contributed by atoms with Gasteiger partial charge in [0.15, 0.2) is 0 Å². The third-order valence-corrected chi connectivity index (χ3v) is 4.84. The Bertz CT molecular complexity index is 548. The predicted octanol–water partition coefficient (Wildman–Crippen LogP) is 3.13. The van der Waals surface area contributed by atoms with E-state index >= 15 is 0 Å². The van der Waals surface area contributed by atoms with Crippen LogP contribution >= 0.6 is 11.6 Å². The molecule has 1 aliphatic heterocycles. The minimum absolute atomic E-state index is 0.110. The number of fused-ring (bicyclic) bond motifs is 1. The summed E-state index contributed by atoms with van der Waals surface area (Å²) in [7, 11) is 1.71. The number of aliphatic hydroxyl groups excluding tert-OH is 1. The summed E-state index contributed by atoms with van der Waals surface area (Å²) in [4.78, 5) is 2.43. The van der Waals surface area contributed by atoms with Crippen LogP contribution in [0.1, 0.15) is 30.4 Å². The molecule has 0 unspecified atom stereocenters. The molecule has 3 rings (SSSR count). The molecule has 1 aromatic rings. The summed E-state index contributed by atoms with van der Waals surface area (Å²) in [6.07, 6.45) is 5.94. The topological polar surface area (TPSA) is 32.7 Å². The molecule has 0 bridgehead atoms. The van der Waals surface area contributed by atoms with E-state index in [9.17, 15) is 5.11 Å². The van der Waals surface area contributed by atoms with Gasteiger partial charge in [0.2, 0.25) is 0 Å². The monoisotopic (exact) mass is 307 g/mol. The van der Waals surface area contributed by atoms with Crippen LogP contribution < -0.4 is 4.74 Å². The fraction of sp³-hybridized carbons (Fsp3) is 0.529. The molecule has 0 aromatic heterocycles. The van der Waals surface area contributed by atoms with E-state index in [1.54, 1.807) is 7.11 Å². The molecule has 1 aliphatic carbocycles. The molecule has 2 aliphatic rings. The lowest BCUT2D eigenvalue weighted by Crippen LogP contribution is -2.37. The molecular weight excluding hydrogens is 286 g/mol. The Kier molecular flexibility index (Phi) is 4.53. The fourth-order valence-corrected chi connectivity index (χ4v) is 3.50. The van der Waals surface area contributed by atoms with Crippen molar-refractivity contribution in [3.63, 3.8) is 0 Å². The van der Waals surface area contributed by atoms with E-state index in [1.165, 1.54) is 11.1 Å². The predicted molar refractivity (Wildman–Crippen MR) is 86.0 cm³/mol. The van der Waals surface area contributed by atoms with Gasteiger partial charge in [0.1, 0.15) is 5.75 Å². The van der Waals surface area contributed by atoms with E-state index in [1.807, 2.05) is 12.1 Å². The van der Waals surface area contributed by atoms with E-state index in [2.05, 4.69) is 11.0 Å². The summed E-state index contributed by atoms with van der Waals surface area (Å²) in [5, 5.41) is 10.4. The van der Waals surface area contributed by atoms with Gasteiger partial charge in [0.05, 0.1) is 13.2 Å². The number of ether oxygens (including phenoxy) is 1. The zero-order valence-corrected chi connectivity index (χ0v) is 13.2. The molecule has 0 saturated carbocycles. The Morgan fingerprint density at radius 3 is 2.76 bits per heavy atom. The van der Waals surface area contributed by atoms with Crippen LogP contribution in [0.25, 0.3) is 6.08 Å². The van der Waals surface area contributed by atoms with Gasteiger partial charge in [0, 0.05) is 30.2 Å². The Labute approximate surface area is 131 Å². The van der Waals surface area contributed by atoms with Gasteiger partial charge in [-0.25, -0.2) is 0 Å². The Morgan fingerprint density at radius 1 is 1.29 bits per heavy atom. The first-order valence-corrected chi connectivity index (χ1v) is 8.00. The van der Waals surface area contributed by atoms with Gasteiger partial charge in [-0.3, -0.25) is 4.90 Å². The second-order valence-corrected chi connectivity index (χ2v) is 6.36. The first-order valence-electron chi connectivity index (χ1n) is 7.62. The Balaban J connectivity index is 1.77. The van der Waals surface area contributed by atoms with Crippen LogP contribution in [0, 0.1) is 0 Å². The van der Waals surface area contributed by atoms with Crippen LogP contribution in [-0.4, -0.2) is 42.9 Å². The third kappa shape index (κ3) is 3.25. The number of hydrogen-bond donors (Lipinski definition) is 1. The van der Waals surface area contributed by atoms with Crippen molar-refractivity contribution < 1.29 is 9.84 Å². The van der Waals surface area contributed by atoms with Crippen molar-refractivity contribution in [1.29, 1.82) is 0 Å². The number of likely N-dealkylation sites (tertiary alicyclic amines) is 1. The van der Waals surface area contributed by atoms with Crippen molar-refractivity contribution in [3.8, 4) is 5.75 Å². The van der Waals surface area contributed by atoms with Crippen molar-refractivity contribution in [2.24, 2.45) is 0 Å². The van der Waals surface area contributed by atoms with Gasteiger partial charge in [-0.2, -0.15) is 0 Å². The van der Waals surface area contributed by atoms with Gasteiger partial charge in [-0.1, -0.05) is 23.3 Å². The largest absolute Gasteiger partial charge is 0.496 e. The molecule has 0 atom stereocenters. The number of piperidine rings is 1. The molecule has 1 heterocycles. The Morgan fingerprint density at radius 2 is 2.05 bits per heavy atom. The summed E-state index contributed by atoms with van der Waals surface area (Å²) in [6.45, 7) is 2.95. The van der Waals surface area contributed by atoms with Crippen molar-refractivity contribution >= 4 is 17.7 Å². The first kappa shape index (κ1) is 14.9. The molecule has 1 fully saturated rings. The molecule has 21 heavy (non-hydrogen) atoms. The van der Waals surface area contributed by atoms with Gasteiger partial charge >= 0.3 is 0 Å². The van der Waals surface area contributed by atoms with E-state index in [4.69, 9.17) is 16.3 Å². The smallest absolute Gasteiger partial charge is 0.122 e. The molecule has 3 nitrogen and oxygen atoms in total. The SMILES string of the molecule is COc1ccc(Cl)c2c1CCC(CN1CCC(O)CC1)=C2. The second kappa shape index (κ2) is 6.39. The summed E-state index contributed by atoms with van der Waals surface area (Å²) < 4.78 is 5.44. The molecular formula is C17H22ClNO2. The highest BCUT2D eigenvalue weighted by Gasteiger charge is 2.21. The lowest BCUT2D eigenvalue weighted by molar-refractivity contribution is 0.0866. The number of hydrogen-bond acceptors (Lipinski definition) is 3. The molecule has 1 saturated heterocycles. The minimum Gasteiger partial charge on any atom is -0.496 e. The zero-order valence-electron chi connectivity index (χ0n) is 12.4. The maximum atomic E-state index is 9.58. The highest BCUT2D eigenvalue weighted by atomic mass is 35.5. The quantitative estimate of drug-likeness (QED) is 0.931. The average Bonchev–Trinajstić information content (AvgIpc) is 2.50. The maximum Gasteiger partial charge on any atom is 0.122 e. The van der Waals surface area contributed by atoms with E-state index in [0.717, 1.165) is 61.7 Å². The molecule has 1 aromatic carbocycles. The van der Waals surface area contributed by atoms with Crippen molar-refractivity contribution in [2.75, 3.05) is 26.7 Å². The highest BCUT2D eigenvalue weighted by molar-refractivity contribution is 6.32. The third-order valence-electron chi connectivity index (χ3n) is 4.51. The van der Waals surface area contributed by atoms with Gasteiger partial charge in [-0.15, -0.1) is 0 Å². The standard InChI is InChI=1S/C17H22ClNO2/c1-21-17-5-4-16(18)15-10-12(2-3-14(15)17)11-19-8-6-13(20)7-9-19/h4-5,10,13,20H,2-3,6-9,11H2,1H3. The van der Waals surface area contributed by atoms with Crippen molar-refractivity contribution in [1.82, 2.24) is 4.90 Å². The van der Waals surface area contributed by atoms with Crippen LogP contribution in [0.5, 0.6) is 5.75 Å². The van der Waals surface area contributed by atoms with Crippen LogP contribution in [0.15, 0.2) is 17.7 Å². The second-order valence-electron chi connectivity index (χ2n) is 5.95. The van der Waals surface area contributed by atoms with Crippen molar-refractivity contribution in [2.45, 2.75) is 31.8 Å². The zero-order chi connectivity index (χ0) is 14.8. The van der Waals surface area contributed by atoms with Crippen LogP contribution in [0.4, 0.5) is 0 Å². The molecule has 0 spiro atoms. The molecule has 114 valence electrons. The van der Waals surface area contributed by atoms with Crippen LogP contribution in [-0.2, 0) is 6.42 Å². The highest BCUT2D eigenvalue weighted by Crippen LogP contribution is 2.36. The van der Waals surface area contributed by atoms with Gasteiger partial charge in [0.25, 0.3) is 0 Å². The first-order chi connectivity index (χ1) is 10.2. The fourth-order valence-electron chi connectivity index (χ4n) is 3.27. The summed E-state index contributed by atoms with van der Waals surface area (Å²) in [5.74, 6) is 0.936. The number of benzene rings is 1. The number of aliphatic hydroxyl groups is 1. The maximum absolute atomic E-state index is 9.58. The van der Waals surface area contributed by atoms with Gasteiger partial charge in [-0.05, 0) is 43.4 Å². The lowest BCUT2D eigenvalue weighted by atomic mass is 9.91. The summed E-state index contributed by atoms with van der Waals surface area (Å²) in [6, 6.07) is 3.86. The minimum atomic E-state index is -0.110. The van der Waals surface area contributed by atoms with Crippen LogP contribution in [0.3, 0.4) is 0 Å². The molecule has 1 N–H and O–H groups in total. The number of rotatable bonds is 3. The van der Waals surface area contributed by atoms with Crippen LogP contribution in [0.2, 0.25) is 5.02 Å². The lowest BCUT2D eigenvalue weighted by Gasteiger charge is -2.31. The average molecular weight is 308 g/mol. The number of halogens is 1. The number of methoxy groups -OCH3 is 1. The normalized spacial score (nSPS) is 20.0. The molecule has 4 heteroatoms. The Hall–Kier alpha value is -1.03. The molecule has 0 amide bonds. The van der Waals surface area contributed by atoms with E-state index < -0.39 is 0 Å². The van der Waals surface area contributed by atoms with Crippen molar-refractivity contribution in [3.05, 3.63) is 33.9 Å². The van der Waals surface area contributed by atoms with E-state index in [0.29, 0.717) is 0 Å². The summed E-state index contributed by atoms with van der Waals surface area (Å²) in [5.41, 5.74) is 3.77. The molecule has 0 radical (unpaired) electrons. The van der Waals surface area contributed by atoms with Gasteiger partial charge < -0.3 is 9.84 Å². The summed E-state index contributed by atoms with van der Waals surface area (Å²) >= 11 is 6.35.